The van der Waals surface area contributed by atoms with Crippen molar-refractivity contribution < 1.29 is 4.79 Å². The summed E-state index contributed by atoms with van der Waals surface area (Å²) in [5.41, 5.74) is 1.81. The molecule has 0 aliphatic carbocycles. The molecule has 0 aliphatic heterocycles. The number of carbonyl (C=O) groups excluding carboxylic acids is 1. The number of rotatable bonds is 5. The molecular formula is C15H15BrClNO. The Morgan fingerprint density at radius 2 is 2.16 bits per heavy atom. The first-order valence-corrected chi connectivity index (χ1v) is 7.40. The zero-order chi connectivity index (χ0) is 13.8. The van der Waals surface area contributed by atoms with Crippen molar-refractivity contribution in [1.82, 2.24) is 4.57 Å². The minimum Gasteiger partial charge on any atom is -0.349 e. The molecule has 0 amide bonds. The maximum Gasteiger partial charge on any atom is 0.164 e. The number of hydrogen-bond acceptors (Lipinski definition) is 1. The number of Topliss-reactive ketones (excluding diaryl/α,β-unsaturated/α-hetero) is 1. The fourth-order valence-corrected chi connectivity index (χ4v) is 2.66. The van der Waals surface area contributed by atoms with Crippen LogP contribution in [-0.4, -0.2) is 10.4 Å². The van der Waals surface area contributed by atoms with Gasteiger partial charge in [-0.25, -0.2) is 0 Å². The molecule has 1 aromatic carbocycles. The first-order chi connectivity index (χ1) is 9.10. The number of aromatic nitrogens is 1. The molecule has 1 heterocycles. The van der Waals surface area contributed by atoms with Crippen LogP contribution in [0.3, 0.4) is 0 Å². The maximum atomic E-state index is 11.8. The molecule has 0 fully saturated rings. The number of ketones is 1. The van der Waals surface area contributed by atoms with Crippen molar-refractivity contribution in [2.75, 3.05) is 0 Å². The average molecular weight is 341 g/mol. The lowest BCUT2D eigenvalue weighted by atomic mass is 10.1. The fourth-order valence-electron chi connectivity index (χ4n) is 1.92. The van der Waals surface area contributed by atoms with Crippen molar-refractivity contribution >= 4 is 33.3 Å². The highest BCUT2D eigenvalue weighted by Gasteiger charge is 2.07. The van der Waals surface area contributed by atoms with Gasteiger partial charge in [-0.3, -0.25) is 4.79 Å². The van der Waals surface area contributed by atoms with Crippen LogP contribution in [0, 0.1) is 0 Å². The molecule has 0 spiro atoms. The third-order valence-electron chi connectivity index (χ3n) is 2.92. The van der Waals surface area contributed by atoms with E-state index in [1.807, 2.05) is 48.1 Å². The van der Waals surface area contributed by atoms with Gasteiger partial charge in [0, 0.05) is 40.4 Å². The monoisotopic (exact) mass is 339 g/mol. The topological polar surface area (TPSA) is 22.0 Å². The summed E-state index contributed by atoms with van der Waals surface area (Å²) in [6.45, 7) is 2.68. The van der Waals surface area contributed by atoms with Gasteiger partial charge in [0.15, 0.2) is 5.78 Å². The number of hydrogen-bond donors (Lipinski definition) is 0. The summed E-state index contributed by atoms with van der Waals surface area (Å²) in [5, 5.41) is 0.726. The van der Waals surface area contributed by atoms with Gasteiger partial charge in [0.25, 0.3) is 0 Å². The van der Waals surface area contributed by atoms with E-state index in [-0.39, 0.29) is 5.78 Å². The minimum atomic E-state index is 0.197. The molecule has 0 radical (unpaired) electrons. The van der Waals surface area contributed by atoms with Gasteiger partial charge in [-0.2, -0.15) is 0 Å². The Labute approximate surface area is 126 Å². The van der Waals surface area contributed by atoms with E-state index >= 15 is 0 Å². The molecule has 4 heteroatoms. The highest BCUT2D eigenvalue weighted by molar-refractivity contribution is 9.10. The third kappa shape index (κ3) is 3.71. The predicted molar refractivity (Wildman–Crippen MR) is 81.9 cm³/mol. The number of halogens is 2. The van der Waals surface area contributed by atoms with Crippen molar-refractivity contribution in [3.63, 3.8) is 0 Å². The van der Waals surface area contributed by atoms with Crippen LogP contribution in [-0.2, 0) is 6.54 Å². The van der Waals surface area contributed by atoms with Crippen LogP contribution in [0.4, 0.5) is 0 Å². The molecule has 2 nitrogen and oxygen atoms in total. The Balaban J connectivity index is 2.13. The lowest BCUT2D eigenvalue weighted by Gasteiger charge is -2.06. The van der Waals surface area contributed by atoms with Crippen molar-refractivity contribution in [2.45, 2.75) is 26.3 Å². The molecule has 19 heavy (non-hydrogen) atoms. The van der Waals surface area contributed by atoms with Gasteiger partial charge >= 0.3 is 0 Å². The molecule has 2 rings (SSSR count). The predicted octanol–water partition coefficient (Wildman–Crippen LogP) is 4.94. The van der Waals surface area contributed by atoms with E-state index in [9.17, 15) is 4.79 Å². The molecular weight excluding hydrogens is 326 g/mol. The van der Waals surface area contributed by atoms with Crippen LogP contribution < -0.4 is 0 Å². The van der Waals surface area contributed by atoms with Crippen LogP contribution in [0.25, 0.3) is 0 Å². The van der Waals surface area contributed by atoms with Crippen LogP contribution in [0.15, 0.2) is 41.1 Å². The standard InChI is InChI=1S/C15H15BrClNO/c1-2-3-15(19)12-6-7-18(10-12)9-11-4-5-13(16)8-14(11)17/h4-8,10H,2-3,9H2,1H3. The Bertz CT molecular complexity index is 592. The van der Waals surface area contributed by atoms with Gasteiger partial charge in [-0.15, -0.1) is 0 Å². The average Bonchev–Trinajstić information content (AvgIpc) is 2.82. The number of nitrogens with zero attached hydrogens (tertiary/aromatic N) is 1. The smallest absolute Gasteiger partial charge is 0.164 e. The largest absolute Gasteiger partial charge is 0.349 e. The lowest BCUT2D eigenvalue weighted by molar-refractivity contribution is 0.0981. The third-order valence-corrected chi connectivity index (χ3v) is 3.76. The van der Waals surface area contributed by atoms with Crippen LogP contribution in [0.5, 0.6) is 0 Å². The van der Waals surface area contributed by atoms with E-state index in [1.165, 1.54) is 0 Å². The molecule has 0 saturated carbocycles. The second kappa shape index (κ2) is 6.40. The SMILES string of the molecule is CCCC(=O)c1ccn(Cc2ccc(Br)cc2Cl)c1. The first-order valence-electron chi connectivity index (χ1n) is 6.23. The molecule has 1 aromatic heterocycles. The maximum absolute atomic E-state index is 11.8. The van der Waals surface area contributed by atoms with Gasteiger partial charge in [0.05, 0.1) is 0 Å². The molecule has 0 bridgehead atoms. The molecule has 0 atom stereocenters. The Kier molecular flexibility index (Phi) is 4.83. The zero-order valence-electron chi connectivity index (χ0n) is 10.7. The molecule has 2 aromatic rings. The van der Waals surface area contributed by atoms with Crippen LogP contribution >= 0.6 is 27.5 Å². The van der Waals surface area contributed by atoms with E-state index in [0.717, 1.165) is 27.0 Å². The second-order valence-corrected chi connectivity index (χ2v) is 5.80. The number of carbonyl (C=O) groups is 1. The Morgan fingerprint density at radius 1 is 1.37 bits per heavy atom. The van der Waals surface area contributed by atoms with Crippen molar-refractivity contribution in [1.29, 1.82) is 0 Å². The molecule has 0 saturated heterocycles. The quantitative estimate of drug-likeness (QED) is 0.707. The highest BCUT2D eigenvalue weighted by atomic mass is 79.9. The van der Waals surface area contributed by atoms with E-state index in [4.69, 9.17) is 11.6 Å². The number of benzene rings is 1. The van der Waals surface area contributed by atoms with Gasteiger partial charge < -0.3 is 4.57 Å². The second-order valence-electron chi connectivity index (χ2n) is 4.48. The van der Waals surface area contributed by atoms with E-state index in [0.29, 0.717) is 13.0 Å². The summed E-state index contributed by atoms with van der Waals surface area (Å²) in [5.74, 6) is 0.197. The van der Waals surface area contributed by atoms with Gasteiger partial charge in [-0.1, -0.05) is 40.5 Å². The lowest BCUT2D eigenvalue weighted by Crippen LogP contribution is -1.99. The van der Waals surface area contributed by atoms with Crippen LogP contribution in [0.1, 0.15) is 35.7 Å². The summed E-state index contributed by atoms with van der Waals surface area (Å²) >= 11 is 9.57. The van der Waals surface area contributed by atoms with Gasteiger partial charge in [-0.05, 0) is 30.2 Å². The van der Waals surface area contributed by atoms with Gasteiger partial charge in [0.1, 0.15) is 0 Å². The first kappa shape index (κ1) is 14.4. The molecule has 100 valence electrons. The van der Waals surface area contributed by atoms with Crippen molar-refractivity contribution in [3.05, 3.63) is 57.3 Å². The summed E-state index contributed by atoms with van der Waals surface area (Å²) in [6, 6.07) is 7.70. The summed E-state index contributed by atoms with van der Waals surface area (Å²) in [6.07, 6.45) is 5.28. The van der Waals surface area contributed by atoms with Crippen molar-refractivity contribution in [3.8, 4) is 0 Å². The van der Waals surface area contributed by atoms with E-state index in [1.54, 1.807) is 0 Å². The summed E-state index contributed by atoms with van der Waals surface area (Å²) in [4.78, 5) is 11.8. The highest BCUT2D eigenvalue weighted by Crippen LogP contribution is 2.22. The van der Waals surface area contributed by atoms with E-state index in [2.05, 4.69) is 15.9 Å². The van der Waals surface area contributed by atoms with E-state index < -0.39 is 0 Å². The molecule has 0 N–H and O–H groups in total. The molecule has 0 unspecified atom stereocenters. The zero-order valence-corrected chi connectivity index (χ0v) is 13.0. The van der Waals surface area contributed by atoms with Gasteiger partial charge in [0.2, 0.25) is 0 Å². The Hall–Kier alpha value is -1.06. The minimum absolute atomic E-state index is 0.197. The molecule has 0 aliphatic rings. The summed E-state index contributed by atoms with van der Waals surface area (Å²) in [7, 11) is 0. The van der Waals surface area contributed by atoms with Crippen LogP contribution in [0.2, 0.25) is 5.02 Å². The normalized spacial score (nSPS) is 10.7. The van der Waals surface area contributed by atoms with Crippen molar-refractivity contribution in [2.24, 2.45) is 0 Å². The Morgan fingerprint density at radius 3 is 2.84 bits per heavy atom. The fraction of sp³-hybridized carbons (Fsp3) is 0.267. The summed E-state index contributed by atoms with van der Waals surface area (Å²) < 4.78 is 2.95.